The number of aromatic nitrogens is 1. The zero-order chi connectivity index (χ0) is 20.3. The second-order valence-corrected chi connectivity index (χ2v) is 7.86. The van der Waals surface area contributed by atoms with E-state index < -0.39 is 17.7 Å². The van der Waals surface area contributed by atoms with Crippen molar-refractivity contribution < 1.29 is 14.7 Å². The molecule has 0 spiro atoms. The summed E-state index contributed by atoms with van der Waals surface area (Å²) in [6.45, 7) is 1.20. The number of aliphatic hydroxyl groups excluding tert-OH is 1. The highest BCUT2D eigenvalue weighted by Crippen LogP contribution is 2.39. The number of carbonyl (C=O) groups is 2. The summed E-state index contributed by atoms with van der Waals surface area (Å²) in [5.41, 5.74) is 1.29. The maximum Gasteiger partial charge on any atom is 0.295 e. The van der Waals surface area contributed by atoms with Crippen molar-refractivity contribution in [3.8, 4) is 0 Å². The van der Waals surface area contributed by atoms with Gasteiger partial charge in [-0.2, -0.15) is 0 Å². The molecule has 7 heteroatoms. The zero-order valence-corrected chi connectivity index (χ0v) is 17.4. The van der Waals surface area contributed by atoms with Gasteiger partial charge in [-0.05, 0) is 50.8 Å². The number of ketones is 1. The fourth-order valence-corrected chi connectivity index (χ4v) is 3.58. The number of benzene rings is 1. The van der Waals surface area contributed by atoms with Crippen molar-refractivity contribution in [3.63, 3.8) is 0 Å². The Bertz CT molecular complexity index is 895. The lowest BCUT2D eigenvalue weighted by atomic mass is 9.96. The van der Waals surface area contributed by atoms with Gasteiger partial charge in [0, 0.05) is 29.0 Å². The third-order valence-corrected chi connectivity index (χ3v) is 5.19. The van der Waals surface area contributed by atoms with Crippen molar-refractivity contribution in [2.24, 2.45) is 0 Å². The van der Waals surface area contributed by atoms with Gasteiger partial charge in [0.1, 0.15) is 5.76 Å². The zero-order valence-electron chi connectivity index (χ0n) is 15.8. The minimum absolute atomic E-state index is 0.102. The lowest BCUT2D eigenvalue weighted by Crippen LogP contribution is -2.32. The minimum Gasteiger partial charge on any atom is -0.507 e. The first-order valence-corrected chi connectivity index (χ1v) is 9.78. The second kappa shape index (κ2) is 8.67. The van der Waals surface area contributed by atoms with Crippen LogP contribution in [0.1, 0.15) is 23.6 Å². The standard InChI is InChI=1S/C21H22BrN3O3/c1-24(2)11-4-12-25-18(15-5-3-10-23-13-15)17(20(27)21(25)28)19(26)14-6-8-16(22)9-7-14/h3,5-10,13,18,26H,4,11-12H2,1-2H3/b19-17+/t18-/m0/s1. The molecule has 1 fully saturated rings. The number of rotatable bonds is 6. The summed E-state index contributed by atoms with van der Waals surface area (Å²) in [5, 5.41) is 10.9. The van der Waals surface area contributed by atoms with Crippen LogP contribution >= 0.6 is 15.9 Å². The molecule has 3 rings (SSSR count). The molecule has 0 aliphatic carbocycles. The number of Topliss-reactive ketones (excluding diaryl/α,β-unsaturated/α-hetero) is 1. The summed E-state index contributed by atoms with van der Waals surface area (Å²) >= 11 is 3.36. The molecule has 2 heterocycles. The molecule has 1 amide bonds. The van der Waals surface area contributed by atoms with Gasteiger partial charge in [-0.3, -0.25) is 14.6 Å². The van der Waals surface area contributed by atoms with E-state index in [-0.39, 0.29) is 11.3 Å². The number of halogens is 1. The van der Waals surface area contributed by atoms with E-state index in [1.165, 1.54) is 4.90 Å². The largest absolute Gasteiger partial charge is 0.507 e. The average Bonchev–Trinajstić information content (AvgIpc) is 2.93. The van der Waals surface area contributed by atoms with E-state index in [4.69, 9.17) is 0 Å². The summed E-state index contributed by atoms with van der Waals surface area (Å²) in [7, 11) is 3.92. The van der Waals surface area contributed by atoms with Crippen molar-refractivity contribution in [3.05, 3.63) is 70.0 Å². The minimum atomic E-state index is -0.667. The Labute approximate surface area is 172 Å². The van der Waals surface area contributed by atoms with Gasteiger partial charge in [-0.25, -0.2) is 0 Å². The van der Waals surface area contributed by atoms with Gasteiger partial charge >= 0.3 is 0 Å². The Balaban J connectivity index is 2.06. The molecule has 6 nitrogen and oxygen atoms in total. The summed E-state index contributed by atoms with van der Waals surface area (Å²) < 4.78 is 0.858. The molecule has 0 unspecified atom stereocenters. The van der Waals surface area contributed by atoms with Gasteiger partial charge in [-0.15, -0.1) is 0 Å². The number of hydrogen-bond acceptors (Lipinski definition) is 5. The maximum atomic E-state index is 12.8. The number of hydrogen-bond donors (Lipinski definition) is 1. The second-order valence-electron chi connectivity index (χ2n) is 6.94. The van der Waals surface area contributed by atoms with E-state index in [0.29, 0.717) is 17.7 Å². The fraction of sp³-hybridized carbons (Fsp3) is 0.286. The molecule has 1 aliphatic heterocycles. The van der Waals surface area contributed by atoms with Gasteiger partial charge in [0.05, 0.1) is 11.6 Å². The first kappa shape index (κ1) is 20.2. The van der Waals surface area contributed by atoms with Crippen LogP contribution in [-0.2, 0) is 9.59 Å². The summed E-state index contributed by atoms with van der Waals surface area (Å²) in [6, 6.07) is 9.90. The van der Waals surface area contributed by atoms with Crippen LogP contribution < -0.4 is 0 Å². The predicted octanol–water partition coefficient (Wildman–Crippen LogP) is 3.22. The van der Waals surface area contributed by atoms with Gasteiger partial charge in [0.25, 0.3) is 11.7 Å². The van der Waals surface area contributed by atoms with Gasteiger partial charge < -0.3 is 14.9 Å². The molecular formula is C21H22BrN3O3. The topological polar surface area (TPSA) is 73.7 Å². The quantitative estimate of drug-likeness (QED) is 0.421. The molecule has 0 bridgehead atoms. The van der Waals surface area contributed by atoms with Crippen molar-refractivity contribution in [2.75, 3.05) is 27.2 Å². The highest BCUT2D eigenvalue weighted by atomic mass is 79.9. The van der Waals surface area contributed by atoms with E-state index in [0.717, 1.165) is 17.4 Å². The van der Waals surface area contributed by atoms with Crippen molar-refractivity contribution in [1.29, 1.82) is 0 Å². The molecule has 0 saturated carbocycles. The van der Waals surface area contributed by atoms with Gasteiger partial charge in [0.2, 0.25) is 0 Å². The molecular weight excluding hydrogens is 422 g/mol. The van der Waals surface area contributed by atoms with Crippen LogP contribution in [0.4, 0.5) is 0 Å². The van der Waals surface area contributed by atoms with E-state index in [2.05, 4.69) is 20.9 Å². The molecule has 1 atom stereocenters. The predicted molar refractivity (Wildman–Crippen MR) is 111 cm³/mol. The molecule has 2 aromatic rings. The molecule has 28 heavy (non-hydrogen) atoms. The molecule has 0 radical (unpaired) electrons. The molecule has 1 aliphatic rings. The summed E-state index contributed by atoms with van der Waals surface area (Å²) in [4.78, 5) is 33.3. The van der Waals surface area contributed by atoms with Crippen LogP contribution in [0.2, 0.25) is 0 Å². The lowest BCUT2D eigenvalue weighted by molar-refractivity contribution is -0.139. The maximum absolute atomic E-state index is 12.8. The van der Waals surface area contributed by atoms with Crippen LogP contribution in [0, 0.1) is 0 Å². The Kier molecular flexibility index (Phi) is 6.26. The third kappa shape index (κ3) is 4.15. The number of carbonyl (C=O) groups excluding carboxylic acids is 2. The Morgan fingerprint density at radius 2 is 1.93 bits per heavy atom. The Morgan fingerprint density at radius 1 is 1.21 bits per heavy atom. The lowest BCUT2D eigenvalue weighted by Gasteiger charge is -2.25. The van der Waals surface area contributed by atoms with Crippen molar-refractivity contribution >= 4 is 33.4 Å². The summed E-state index contributed by atoms with van der Waals surface area (Å²) in [5.74, 6) is -1.43. The normalized spacial score (nSPS) is 18.9. The van der Waals surface area contributed by atoms with Crippen molar-refractivity contribution in [1.82, 2.24) is 14.8 Å². The highest BCUT2D eigenvalue weighted by Gasteiger charge is 2.45. The Hall–Kier alpha value is -2.51. The van der Waals surface area contributed by atoms with Crippen LogP contribution in [0.3, 0.4) is 0 Å². The van der Waals surface area contributed by atoms with E-state index >= 15 is 0 Å². The van der Waals surface area contributed by atoms with Gasteiger partial charge in [-0.1, -0.05) is 34.1 Å². The number of amides is 1. The third-order valence-electron chi connectivity index (χ3n) is 4.66. The van der Waals surface area contributed by atoms with E-state index in [1.54, 1.807) is 42.7 Å². The fourth-order valence-electron chi connectivity index (χ4n) is 3.32. The molecule has 146 valence electrons. The Morgan fingerprint density at radius 3 is 2.54 bits per heavy atom. The number of aliphatic hydroxyl groups is 1. The van der Waals surface area contributed by atoms with Crippen molar-refractivity contribution in [2.45, 2.75) is 12.5 Å². The number of nitrogens with zero attached hydrogens (tertiary/aromatic N) is 3. The first-order valence-electron chi connectivity index (χ1n) is 8.99. The molecule has 1 saturated heterocycles. The number of pyridine rings is 1. The monoisotopic (exact) mass is 443 g/mol. The van der Waals surface area contributed by atoms with Crippen LogP contribution in [0.15, 0.2) is 58.8 Å². The summed E-state index contributed by atoms with van der Waals surface area (Å²) in [6.07, 6.45) is 3.98. The van der Waals surface area contributed by atoms with E-state index in [1.807, 2.05) is 25.1 Å². The molecule has 1 aromatic heterocycles. The van der Waals surface area contributed by atoms with Crippen LogP contribution in [0.25, 0.3) is 5.76 Å². The number of likely N-dealkylation sites (tertiary alicyclic amines) is 1. The first-order chi connectivity index (χ1) is 13.4. The highest BCUT2D eigenvalue weighted by molar-refractivity contribution is 9.10. The van der Waals surface area contributed by atoms with Gasteiger partial charge in [0.15, 0.2) is 0 Å². The molecule has 1 aromatic carbocycles. The SMILES string of the molecule is CN(C)CCCN1C(=O)C(=O)/C(=C(/O)c2ccc(Br)cc2)[C@@H]1c1cccnc1. The smallest absolute Gasteiger partial charge is 0.295 e. The van der Waals surface area contributed by atoms with Crippen LogP contribution in [-0.4, -0.2) is 58.8 Å². The molecule has 1 N–H and O–H groups in total. The van der Waals surface area contributed by atoms with Crippen LogP contribution in [0.5, 0.6) is 0 Å². The van der Waals surface area contributed by atoms with E-state index in [9.17, 15) is 14.7 Å². The average molecular weight is 444 g/mol.